The third-order valence-corrected chi connectivity index (χ3v) is 3.97. The minimum Gasteiger partial charge on any atom is -0.357 e. The van der Waals surface area contributed by atoms with E-state index in [1.165, 1.54) is 11.9 Å². The van der Waals surface area contributed by atoms with Crippen LogP contribution in [-0.4, -0.2) is 80.3 Å². The van der Waals surface area contributed by atoms with E-state index in [2.05, 4.69) is 48.2 Å². The molecule has 164 valence electrons. The van der Waals surface area contributed by atoms with Gasteiger partial charge in [-0.1, -0.05) is 0 Å². The van der Waals surface area contributed by atoms with Crippen LogP contribution < -0.4 is 10.6 Å². The van der Waals surface area contributed by atoms with E-state index in [1.807, 2.05) is 6.92 Å². The maximum absolute atomic E-state index is 12.3. The fraction of sp³-hybridized carbons (Fsp3) is 0.944. The van der Waals surface area contributed by atoms with Crippen LogP contribution in [-0.2, 0) is 0 Å². The normalized spacial score (nSPS) is 12.9. The number of alkyl halides is 3. The van der Waals surface area contributed by atoms with Gasteiger partial charge in [-0.15, -0.1) is 24.0 Å². The molecule has 9 heteroatoms. The zero-order valence-corrected chi connectivity index (χ0v) is 20.0. The van der Waals surface area contributed by atoms with Crippen molar-refractivity contribution in [2.45, 2.75) is 65.7 Å². The molecular weight excluding hydrogens is 470 g/mol. The summed E-state index contributed by atoms with van der Waals surface area (Å²) >= 11 is 0. The smallest absolute Gasteiger partial charge is 0.357 e. The van der Waals surface area contributed by atoms with E-state index in [0.29, 0.717) is 31.6 Å². The first-order chi connectivity index (χ1) is 12.1. The molecule has 27 heavy (non-hydrogen) atoms. The first kappa shape index (κ1) is 28.9. The van der Waals surface area contributed by atoms with Crippen LogP contribution >= 0.6 is 24.0 Å². The minimum absolute atomic E-state index is 0. The molecule has 0 amide bonds. The number of nitrogens with zero attached hydrogens (tertiary/aromatic N) is 3. The third-order valence-electron chi connectivity index (χ3n) is 3.97. The number of nitrogens with one attached hydrogen (secondary N) is 2. The van der Waals surface area contributed by atoms with Gasteiger partial charge >= 0.3 is 6.18 Å². The second kappa shape index (κ2) is 15.6. The number of hydrogen-bond acceptors (Lipinski definition) is 3. The summed E-state index contributed by atoms with van der Waals surface area (Å²) in [4.78, 5) is 8.17. The van der Waals surface area contributed by atoms with Crippen molar-refractivity contribution in [2.24, 2.45) is 4.99 Å². The largest absolute Gasteiger partial charge is 0.401 e. The molecule has 0 aromatic rings. The lowest BCUT2D eigenvalue weighted by molar-refractivity contribution is -0.143. The Morgan fingerprint density at radius 3 is 2.07 bits per heavy atom. The van der Waals surface area contributed by atoms with Gasteiger partial charge in [0.05, 0.1) is 6.54 Å². The van der Waals surface area contributed by atoms with Gasteiger partial charge in [0, 0.05) is 38.3 Å². The Balaban J connectivity index is 0. The standard InChI is InChI=1S/C18H38F3N5.HI/c1-7-22-17(23-10-8-12-25(6)14-18(19,20)21)24-11-9-13-26(15(2)3)16(4)5;/h15-16H,7-14H2,1-6H3,(H2,22,23,24);1H. The molecule has 2 N–H and O–H groups in total. The second-order valence-electron chi connectivity index (χ2n) is 7.17. The van der Waals surface area contributed by atoms with Crippen molar-refractivity contribution in [3.8, 4) is 0 Å². The van der Waals surface area contributed by atoms with E-state index in [-0.39, 0.29) is 24.0 Å². The monoisotopic (exact) mass is 509 g/mol. The molecule has 0 aromatic carbocycles. The van der Waals surface area contributed by atoms with Gasteiger partial charge in [0.2, 0.25) is 0 Å². The van der Waals surface area contributed by atoms with Gasteiger partial charge in [-0.25, -0.2) is 0 Å². The first-order valence-corrected chi connectivity index (χ1v) is 9.60. The SMILES string of the molecule is CCNC(=NCCCN(C)CC(F)(F)F)NCCCN(C(C)C)C(C)C.I. The van der Waals surface area contributed by atoms with Crippen LogP contribution in [0.5, 0.6) is 0 Å². The van der Waals surface area contributed by atoms with E-state index in [4.69, 9.17) is 0 Å². The Morgan fingerprint density at radius 2 is 1.59 bits per heavy atom. The average Bonchev–Trinajstić information content (AvgIpc) is 2.48. The van der Waals surface area contributed by atoms with Gasteiger partial charge in [0.25, 0.3) is 0 Å². The van der Waals surface area contributed by atoms with Crippen molar-refractivity contribution >= 4 is 29.9 Å². The lowest BCUT2D eigenvalue weighted by atomic mass is 10.2. The molecule has 0 rings (SSSR count). The summed E-state index contributed by atoms with van der Waals surface area (Å²) < 4.78 is 36.8. The first-order valence-electron chi connectivity index (χ1n) is 9.60. The van der Waals surface area contributed by atoms with Crippen molar-refractivity contribution in [1.29, 1.82) is 0 Å². The number of halogens is 4. The Morgan fingerprint density at radius 1 is 1.00 bits per heavy atom. The van der Waals surface area contributed by atoms with Gasteiger partial charge in [0.1, 0.15) is 0 Å². The Kier molecular flexibility index (Phi) is 16.7. The molecule has 0 bridgehead atoms. The van der Waals surface area contributed by atoms with Crippen molar-refractivity contribution in [1.82, 2.24) is 20.4 Å². The highest BCUT2D eigenvalue weighted by Gasteiger charge is 2.28. The van der Waals surface area contributed by atoms with Gasteiger partial charge in [0.15, 0.2) is 5.96 Å². The van der Waals surface area contributed by atoms with Crippen molar-refractivity contribution in [2.75, 3.05) is 46.3 Å². The molecule has 0 aliphatic heterocycles. The molecule has 0 aliphatic rings. The molecule has 0 aliphatic carbocycles. The van der Waals surface area contributed by atoms with E-state index in [9.17, 15) is 13.2 Å². The molecule has 0 unspecified atom stereocenters. The maximum Gasteiger partial charge on any atom is 0.401 e. The molecule has 0 aromatic heterocycles. The maximum atomic E-state index is 12.3. The number of aliphatic imine (C=N–C) groups is 1. The van der Waals surface area contributed by atoms with Crippen LogP contribution in [0.15, 0.2) is 4.99 Å². The summed E-state index contributed by atoms with van der Waals surface area (Å²) in [5.74, 6) is 0.728. The molecule has 0 radical (unpaired) electrons. The quantitative estimate of drug-likeness (QED) is 0.183. The molecule has 0 fully saturated rings. The number of hydrogen-bond donors (Lipinski definition) is 2. The topological polar surface area (TPSA) is 42.9 Å². The van der Waals surface area contributed by atoms with Crippen molar-refractivity contribution in [3.05, 3.63) is 0 Å². The van der Waals surface area contributed by atoms with Crippen LogP contribution in [0.1, 0.15) is 47.5 Å². The van der Waals surface area contributed by atoms with E-state index >= 15 is 0 Å². The Labute approximate surface area is 180 Å². The van der Waals surface area contributed by atoms with Crippen LogP contribution in [0.4, 0.5) is 13.2 Å². The lowest BCUT2D eigenvalue weighted by Crippen LogP contribution is -2.41. The van der Waals surface area contributed by atoms with E-state index < -0.39 is 12.7 Å². The summed E-state index contributed by atoms with van der Waals surface area (Å²) in [5.41, 5.74) is 0. The number of guanidine groups is 1. The summed E-state index contributed by atoms with van der Waals surface area (Å²) in [6.07, 6.45) is -2.54. The van der Waals surface area contributed by atoms with Crippen molar-refractivity contribution < 1.29 is 13.2 Å². The molecule has 0 spiro atoms. The highest BCUT2D eigenvalue weighted by molar-refractivity contribution is 14.0. The predicted molar refractivity (Wildman–Crippen MR) is 119 cm³/mol. The molecule has 0 heterocycles. The summed E-state index contributed by atoms with van der Waals surface area (Å²) in [6, 6.07) is 1.04. The lowest BCUT2D eigenvalue weighted by Gasteiger charge is -2.30. The van der Waals surface area contributed by atoms with Crippen LogP contribution in [0.25, 0.3) is 0 Å². The van der Waals surface area contributed by atoms with Gasteiger partial charge in [-0.05, 0) is 61.1 Å². The summed E-state index contributed by atoms with van der Waals surface area (Å²) in [5, 5.41) is 6.47. The highest BCUT2D eigenvalue weighted by atomic mass is 127. The molecular formula is C18H39F3IN5. The van der Waals surface area contributed by atoms with Gasteiger partial charge in [-0.3, -0.25) is 14.8 Å². The highest BCUT2D eigenvalue weighted by Crippen LogP contribution is 2.15. The zero-order valence-electron chi connectivity index (χ0n) is 17.7. The molecule has 0 saturated heterocycles. The van der Waals surface area contributed by atoms with Gasteiger partial charge < -0.3 is 10.6 Å². The van der Waals surface area contributed by atoms with E-state index in [0.717, 1.165) is 32.0 Å². The molecule has 0 atom stereocenters. The molecule has 0 saturated carbocycles. The Hall–Kier alpha value is -0.290. The van der Waals surface area contributed by atoms with Crippen LogP contribution in [0.3, 0.4) is 0 Å². The number of rotatable bonds is 12. The average molecular weight is 509 g/mol. The van der Waals surface area contributed by atoms with E-state index in [1.54, 1.807) is 0 Å². The summed E-state index contributed by atoms with van der Waals surface area (Å²) in [7, 11) is 1.48. The fourth-order valence-corrected chi connectivity index (χ4v) is 2.84. The van der Waals surface area contributed by atoms with Crippen LogP contribution in [0, 0.1) is 0 Å². The Bertz CT molecular complexity index is 382. The zero-order chi connectivity index (χ0) is 20.2. The molecule has 5 nitrogen and oxygen atoms in total. The minimum atomic E-state index is -4.14. The summed E-state index contributed by atoms with van der Waals surface area (Å²) in [6.45, 7) is 13.4. The van der Waals surface area contributed by atoms with Crippen molar-refractivity contribution in [3.63, 3.8) is 0 Å². The van der Waals surface area contributed by atoms with Gasteiger partial charge in [-0.2, -0.15) is 13.2 Å². The fourth-order valence-electron chi connectivity index (χ4n) is 2.84. The third kappa shape index (κ3) is 16.4. The van der Waals surface area contributed by atoms with Crippen LogP contribution in [0.2, 0.25) is 0 Å². The predicted octanol–water partition coefficient (Wildman–Crippen LogP) is 3.55. The second-order valence-corrected chi connectivity index (χ2v) is 7.17.